The fraction of sp³-hybridized carbons (Fsp3) is 0.182. The van der Waals surface area contributed by atoms with E-state index >= 15 is 0 Å². The number of furan rings is 1. The van der Waals surface area contributed by atoms with E-state index in [1.807, 2.05) is 12.1 Å². The summed E-state index contributed by atoms with van der Waals surface area (Å²) < 4.78 is 5.02. The third-order valence-corrected chi connectivity index (χ3v) is 2.36. The van der Waals surface area contributed by atoms with Gasteiger partial charge in [-0.2, -0.15) is 0 Å². The lowest BCUT2D eigenvalue weighted by molar-refractivity contribution is 0.562. The Labute approximate surface area is 93.1 Å². The van der Waals surface area contributed by atoms with Gasteiger partial charge in [0.25, 0.3) is 0 Å². The topological polar surface area (TPSA) is 38.1 Å². The third-order valence-electron chi connectivity index (χ3n) is 2.15. The van der Waals surface area contributed by atoms with Crippen LogP contribution >= 0.6 is 11.6 Å². The number of halogens is 1. The molecule has 0 saturated carbocycles. The second-order valence-electron chi connectivity index (χ2n) is 3.29. The molecular weight excluding hydrogens is 212 g/mol. The van der Waals surface area contributed by atoms with E-state index in [1.54, 1.807) is 24.8 Å². The van der Waals surface area contributed by atoms with Crippen LogP contribution in [0.5, 0.6) is 0 Å². The smallest absolute Gasteiger partial charge is 0.131 e. The Morgan fingerprint density at radius 1 is 1.47 bits per heavy atom. The number of nitrogens with zero attached hydrogens (tertiary/aromatic N) is 1. The first-order chi connectivity index (χ1) is 7.25. The van der Waals surface area contributed by atoms with Gasteiger partial charge in [0, 0.05) is 17.4 Å². The number of pyridine rings is 1. The van der Waals surface area contributed by atoms with Crippen LogP contribution in [0.2, 0.25) is 5.15 Å². The van der Waals surface area contributed by atoms with Crippen LogP contribution in [-0.2, 0) is 0 Å². The predicted molar refractivity (Wildman–Crippen MR) is 60.0 cm³/mol. The van der Waals surface area contributed by atoms with E-state index in [9.17, 15) is 0 Å². The van der Waals surface area contributed by atoms with Crippen molar-refractivity contribution in [2.75, 3.05) is 5.32 Å². The molecule has 0 amide bonds. The van der Waals surface area contributed by atoms with Gasteiger partial charge in [-0.1, -0.05) is 11.6 Å². The Bertz CT molecular complexity index is 428. The van der Waals surface area contributed by atoms with Crippen LogP contribution in [-0.4, -0.2) is 4.98 Å². The molecule has 1 N–H and O–H groups in total. The molecule has 1 atom stereocenters. The summed E-state index contributed by atoms with van der Waals surface area (Å²) in [5.41, 5.74) is 2.05. The first-order valence-corrected chi connectivity index (χ1v) is 5.03. The molecule has 2 aromatic rings. The van der Waals surface area contributed by atoms with Crippen LogP contribution in [0.15, 0.2) is 41.3 Å². The van der Waals surface area contributed by atoms with E-state index in [0.29, 0.717) is 5.15 Å². The third kappa shape index (κ3) is 2.50. The first-order valence-electron chi connectivity index (χ1n) is 4.66. The minimum atomic E-state index is 0.183. The van der Waals surface area contributed by atoms with Crippen molar-refractivity contribution < 1.29 is 4.42 Å². The molecule has 15 heavy (non-hydrogen) atoms. The second kappa shape index (κ2) is 4.36. The Morgan fingerprint density at radius 2 is 2.33 bits per heavy atom. The van der Waals surface area contributed by atoms with Gasteiger partial charge in [0.05, 0.1) is 18.6 Å². The lowest BCUT2D eigenvalue weighted by atomic mass is 10.2. The van der Waals surface area contributed by atoms with Crippen LogP contribution in [0.1, 0.15) is 18.5 Å². The van der Waals surface area contributed by atoms with Crippen molar-refractivity contribution in [3.05, 3.63) is 47.6 Å². The SMILES string of the molecule is CC(Nc1ccnc(Cl)c1)c1ccoc1. The van der Waals surface area contributed by atoms with Crippen LogP contribution < -0.4 is 5.32 Å². The lowest BCUT2D eigenvalue weighted by Gasteiger charge is -2.13. The highest BCUT2D eigenvalue weighted by Crippen LogP contribution is 2.20. The van der Waals surface area contributed by atoms with Crippen LogP contribution in [0, 0.1) is 0 Å². The average molecular weight is 223 g/mol. The zero-order valence-electron chi connectivity index (χ0n) is 8.27. The maximum absolute atomic E-state index is 5.78. The monoisotopic (exact) mass is 222 g/mol. The zero-order chi connectivity index (χ0) is 10.7. The lowest BCUT2D eigenvalue weighted by Crippen LogP contribution is -2.05. The quantitative estimate of drug-likeness (QED) is 0.808. The number of hydrogen-bond acceptors (Lipinski definition) is 3. The molecule has 3 nitrogen and oxygen atoms in total. The van der Waals surface area contributed by atoms with Crippen molar-refractivity contribution in [1.29, 1.82) is 0 Å². The number of anilines is 1. The largest absolute Gasteiger partial charge is 0.472 e. The van der Waals surface area contributed by atoms with Gasteiger partial charge in [-0.25, -0.2) is 4.98 Å². The van der Waals surface area contributed by atoms with Crippen LogP contribution in [0.25, 0.3) is 0 Å². The molecular formula is C11H11ClN2O. The van der Waals surface area contributed by atoms with E-state index in [4.69, 9.17) is 16.0 Å². The molecule has 2 aromatic heterocycles. The van der Waals surface area contributed by atoms with Crippen molar-refractivity contribution in [3.63, 3.8) is 0 Å². The molecule has 0 saturated heterocycles. The molecule has 0 spiro atoms. The van der Waals surface area contributed by atoms with Crippen LogP contribution in [0.3, 0.4) is 0 Å². The van der Waals surface area contributed by atoms with Crippen molar-refractivity contribution in [3.8, 4) is 0 Å². The molecule has 1 unspecified atom stereocenters. The number of aromatic nitrogens is 1. The average Bonchev–Trinajstić information content (AvgIpc) is 2.70. The molecule has 2 rings (SSSR count). The molecule has 4 heteroatoms. The summed E-state index contributed by atoms with van der Waals surface area (Å²) in [6.45, 7) is 2.05. The summed E-state index contributed by atoms with van der Waals surface area (Å²) in [5, 5.41) is 3.79. The summed E-state index contributed by atoms with van der Waals surface area (Å²) >= 11 is 5.78. The van der Waals surface area contributed by atoms with Crippen molar-refractivity contribution in [2.24, 2.45) is 0 Å². The molecule has 0 bridgehead atoms. The van der Waals surface area contributed by atoms with Gasteiger partial charge in [0.2, 0.25) is 0 Å². The molecule has 78 valence electrons. The van der Waals surface area contributed by atoms with E-state index in [1.165, 1.54) is 0 Å². The fourth-order valence-electron chi connectivity index (χ4n) is 1.35. The van der Waals surface area contributed by atoms with Crippen molar-refractivity contribution in [2.45, 2.75) is 13.0 Å². The molecule has 2 heterocycles. The predicted octanol–water partition coefficient (Wildman–Crippen LogP) is 3.50. The van der Waals surface area contributed by atoms with Gasteiger partial charge in [-0.3, -0.25) is 0 Å². The molecule has 0 fully saturated rings. The highest BCUT2D eigenvalue weighted by atomic mass is 35.5. The van der Waals surface area contributed by atoms with Gasteiger partial charge in [-0.15, -0.1) is 0 Å². The Hall–Kier alpha value is -1.48. The summed E-state index contributed by atoms with van der Waals surface area (Å²) in [6.07, 6.45) is 5.06. The standard InChI is InChI=1S/C11H11ClN2O/c1-8(9-3-5-15-7-9)14-10-2-4-13-11(12)6-10/h2-8H,1H3,(H,13,14). The molecule has 0 aliphatic carbocycles. The highest BCUT2D eigenvalue weighted by molar-refractivity contribution is 6.29. The number of hydrogen-bond donors (Lipinski definition) is 1. The second-order valence-corrected chi connectivity index (χ2v) is 3.68. The zero-order valence-corrected chi connectivity index (χ0v) is 9.03. The van der Waals surface area contributed by atoms with Crippen molar-refractivity contribution >= 4 is 17.3 Å². The Balaban J connectivity index is 2.09. The summed E-state index contributed by atoms with van der Waals surface area (Å²) in [5.74, 6) is 0. The maximum atomic E-state index is 5.78. The molecule has 0 aliphatic rings. The summed E-state index contributed by atoms with van der Waals surface area (Å²) in [6, 6.07) is 5.78. The van der Waals surface area contributed by atoms with Gasteiger partial charge < -0.3 is 9.73 Å². The maximum Gasteiger partial charge on any atom is 0.131 e. The van der Waals surface area contributed by atoms with Gasteiger partial charge in [0.15, 0.2) is 0 Å². The van der Waals surface area contributed by atoms with E-state index in [0.717, 1.165) is 11.3 Å². The van der Waals surface area contributed by atoms with Gasteiger partial charge >= 0.3 is 0 Å². The number of nitrogens with one attached hydrogen (secondary N) is 1. The van der Waals surface area contributed by atoms with E-state index in [2.05, 4.69) is 17.2 Å². The normalized spacial score (nSPS) is 12.4. The van der Waals surface area contributed by atoms with Crippen molar-refractivity contribution in [1.82, 2.24) is 4.98 Å². The van der Waals surface area contributed by atoms with Gasteiger partial charge in [0.1, 0.15) is 5.15 Å². The molecule has 0 radical (unpaired) electrons. The molecule has 0 aromatic carbocycles. The Morgan fingerprint density at radius 3 is 3.00 bits per heavy atom. The first kappa shape index (κ1) is 10.1. The molecule has 0 aliphatic heterocycles. The number of rotatable bonds is 3. The fourth-order valence-corrected chi connectivity index (χ4v) is 1.52. The van der Waals surface area contributed by atoms with Gasteiger partial charge in [-0.05, 0) is 25.1 Å². The summed E-state index contributed by atoms with van der Waals surface area (Å²) in [7, 11) is 0. The minimum absolute atomic E-state index is 0.183. The van der Waals surface area contributed by atoms with E-state index < -0.39 is 0 Å². The Kier molecular flexibility index (Phi) is 2.92. The summed E-state index contributed by atoms with van der Waals surface area (Å²) in [4.78, 5) is 3.92. The van der Waals surface area contributed by atoms with Crippen LogP contribution in [0.4, 0.5) is 5.69 Å². The highest BCUT2D eigenvalue weighted by Gasteiger charge is 2.06. The van der Waals surface area contributed by atoms with E-state index in [-0.39, 0.29) is 6.04 Å². The minimum Gasteiger partial charge on any atom is -0.472 e.